The largest absolute Gasteiger partial charge is 0.421 e. The van der Waals surface area contributed by atoms with E-state index in [1.165, 1.54) is 0 Å². The zero-order chi connectivity index (χ0) is 16.2. The van der Waals surface area contributed by atoms with Crippen LogP contribution in [0.25, 0.3) is 0 Å². The first-order valence-electron chi connectivity index (χ1n) is 5.71. The van der Waals surface area contributed by atoms with Crippen LogP contribution in [-0.4, -0.2) is 16.8 Å². The fourth-order valence-electron chi connectivity index (χ4n) is 1.25. The summed E-state index contributed by atoms with van der Waals surface area (Å²) in [5.41, 5.74) is 4.25. The molecule has 0 fully saturated rings. The van der Waals surface area contributed by atoms with Crippen LogP contribution in [0.5, 0.6) is 5.75 Å². The van der Waals surface area contributed by atoms with Gasteiger partial charge in [-0.3, -0.25) is 0 Å². The van der Waals surface area contributed by atoms with Crippen molar-refractivity contribution < 1.29 is 22.3 Å². The van der Waals surface area contributed by atoms with E-state index in [4.69, 9.17) is 10.5 Å². The Morgan fingerprint density at radius 2 is 1.95 bits per heavy atom. The molecule has 0 heterocycles. The Morgan fingerprint density at radius 3 is 2.43 bits per heavy atom. The van der Waals surface area contributed by atoms with E-state index in [2.05, 4.69) is 25.9 Å². The topological polar surface area (TPSA) is 60.0 Å². The molecule has 0 bridgehead atoms. The van der Waals surface area contributed by atoms with Crippen LogP contribution in [-0.2, 0) is 6.18 Å². The van der Waals surface area contributed by atoms with E-state index in [9.17, 15) is 17.6 Å². The van der Waals surface area contributed by atoms with Crippen LogP contribution in [0.3, 0.4) is 0 Å². The van der Waals surface area contributed by atoms with Gasteiger partial charge in [-0.05, 0) is 48.0 Å². The molecule has 0 aliphatic heterocycles. The molecule has 0 spiro atoms. The zero-order valence-corrected chi connectivity index (χ0v) is 12.7. The summed E-state index contributed by atoms with van der Waals surface area (Å²) in [5, 5.41) is 0. The third-order valence-electron chi connectivity index (χ3n) is 2.03. The lowest BCUT2D eigenvalue weighted by Gasteiger charge is -2.11. The van der Waals surface area contributed by atoms with E-state index in [1.807, 2.05) is 0 Å². The van der Waals surface area contributed by atoms with Crippen LogP contribution in [0, 0.1) is 5.82 Å². The van der Waals surface area contributed by atoms with Crippen LogP contribution < -0.4 is 10.5 Å². The van der Waals surface area contributed by atoms with Crippen LogP contribution in [0.2, 0.25) is 0 Å². The Labute approximate surface area is 126 Å². The highest BCUT2D eigenvalue weighted by Crippen LogP contribution is 2.32. The lowest BCUT2D eigenvalue weighted by molar-refractivity contribution is -0.137. The summed E-state index contributed by atoms with van der Waals surface area (Å²) in [6.07, 6.45) is -4.61. The molecule has 0 saturated heterocycles. The number of hydrogen-bond acceptors (Lipinski definition) is 2. The average Bonchev–Trinajstić information content (AvgIpc) is 2.28. The van der Waals surface area contributed by atoms with Gasteiger partial charge >= 0.3 is 12.2 Å². The number of alkyl halides is 3. The van der Waals surface area contributed by atoms with E-state index < -0.39 is 23.3 Å². The van der Waals surface area contributed by atoms with Crippen molar-refractivity contribution in [2.75, 3.05) is 0 Å². The maximum absolute atomic E-state index is 13.6. The second-order valence-electron chi connectivity index (χ2n) is 4.18. The highest BCUT2D eigenvalue weighted by atomic mass is 79.9. The molecule has 9 heteroatoms. The van der Waals surface area contributed by atoms with E-state index >= 15 is 0 Å². The van der Waals surface area contributed by atoms with Crippen molar-refractivity contribution in [2.45, 2.75) is 26.1 Å². The van der Waals surface area contributed by atoms with Gasteiger partial charge in [-0.15, -0.1) is 0 Å². The summed E-state index contributed by atoms with van der Waals surface area (Å²) in [4.78, 5) is 7.53. The lowest BCUT2D eigenvalue weighted by atomic mass is 10.2. The second kappa shape index (κ2) is 6.88. The minimum absolute atomic E-state index is 0.103. The molecule has 0 aliphatic rings. The summed E-state index contributed by atoms with van der Waals surface area (Å²) in [5.74, 6) is -1.61. The fourth-order valence-corrected chi connectivity index (χ4v) is 1.40. The van der Waals surface area contributed by atoms with Gasteiger partial charge in [0, 0.05) is 6.04 Å². The number of nitrogens with zero attached hydrogens (tertiary/aromatic N) is 2. The fraction of sp³-hybridized carbons (Fsp3) is 0.333. The molecule has 0 aromatic heterocycles. The van der Waals surface area contributed by atoms with E-state index in [0.717, 1.165) is 0 Å². The molecule has 0 atom stereocenters. The van der Waals surface area contributed by atoms with Gasteiger partial charge in [-0.1, -0.05) is 0 Å². The van der Waals surface area contributed by atoms with Gasteiger partial charge in [-0.25, -0.2) is 9.38 Å². The maximum atomic E-state index is 13.6. The molecule has 2 N–H and O–H groups in total. The number of ether oxygens (including phenoxy) is 1. The molecule has 4 nitrogen and oxygen atoms in total. The minimum atomic E-state index is -4.61. The molecule has 1 aromatic rings. The van der Waals surface area contributed by atoms with Gasteiger partial charge in [-0.2, -0.15) is 18.2 Å². The molecule has 1 aromatic carbocycles. The minimum Gasteiger partial charge on any atom is -0.421 e. The monoisotopic (exact) mass is 369 g/mol. The molecular formula is C12H12BrF4N3O. The average molecular weight is 370 g/mol. The molecule has 0 unspecified atom stereocenters. The molecule has 21 heavy (non-hydrogen) atoms. The van der Waals surface area contributed by atoms with E-state index in [0.29, 0.717) is 18.2 Å². The zero-order valence-electron chi connectivity index (χ0n) is 11.1. The van der Waals surface area contributed by atoms with Gasteiger partial charge in [0.1, 0.15) is 0 Å². The van der Waals surface area contributed by atoms with Crippen molar-refractivity contribution in [2.24, 2.45) is 15.7 Å². The molecular weight excluding hydrogens is 358 g/mol. The van der Waals surface area contributed by atoms with Crippen molar-refractivity contribution in [3.8, 4) is 5.75 Å². The molecule has 0 radical (unpaired) electrons. The Morgan fingerprint density at radius 1 is 1.33 bits per heavy atom. The Bertz CT molecular complexity index is 566. The van der Waals surface area contributed by atoms with Crippen molar-refractivity contribution in [1.82, 2.24) is 0 Å². The predicted molar refractivity (Wildman–Crippen MR) is 75.2 cm³/mol. The first kappa shape index (κ1) is 17.4. The third-order valence-corrected chi connectivity index (χ3v) is 2.21. The van der Waals surface area contributed by atoms with Gasteiger partial charge in [0.2, 0.25) is 0 Å². The number of halogens is 5. The number of aliphatic imine (C=N–C) groups is 2. The smallest absolute Gasteiger partial charge is 0.416 e. The van der Waals surface area contributed by atoms with Crippen molar-refractivity contribution >= 4 is 26.7 Å². The number of nitrogens with two attached hydrogens (primary N) is 1. The number of amidine groups is 2. The number of rotatable bonds is 2. The predicted octanol–water partition coefficient (Wildman–Crippen LogP) is 3.70. The van der Waals surface area contributed by atoms with Gasteiger partial charge < -0.3 is 10.5 Å². The van der Waals surface area contributed by atoms with Crippen LogP contribution in [0.4, 0.5) is 17.6 Å². The quantitative estimate of drug-likeness (QED) is 0.374. The van der Waals surface area contributed by atoms with Crippen molar-refractivity contribution in [3.63, 3.8) is 0 Å². The second-order valence-corrected chi connectivity index (χ2v) is 5.00. The molecule has 0 aliphatic carbocycles. The van der Waals surface area contributed by atoms with Crippen LogP contribution in [0.15, 0.2) is 28.2 Å². The molecule has 0 saturated carbocycles. The Hall–Kier alpha value is -1.64. The third kappa shape index (κ3) is 5.70. The van der Waals surface area contributed by atoms with E-state index in [1.54, 1.807) is 13.8 Å². The van der Waals surface area contributed by atoms with Crippen molar-refractivity contribution in [1.29, 1.82) is 0 Å². The summed E-state index contributed by atoms with van der Waals surface area (Å²) in [7, 11) is 0. The Kier molecular flexibility index (Phi) is 5.70. The molecule has 0 amide bonds. The van der Waals surface area contributed by atoms with Gasteiger partial charge in [0.05, 0.1) is 5.56 Å². The lowest BCUT2D eigenvalue weighted by Crippen LogP contribution is -2.15. The standard InChI is InChI=1S/C12H12BrF4N3O/c1-6(2)19-11(20-10(13)18)21-9-5-7(12(15,16)17)3-4-8(9)14/h3-6H,1-2H3,(H2,18,19,20). The Balaban J connectivity index is 3.18. The summed E-state index contributed by atoms with van der Waals surface area (Å²) in [6, 6.07) is 1.18. The highest BCUT2D eigenvalue weighted by molar-refractivity contribution is 9.18. The summed E-state index contributed by atoms with van der Waals surface area (Å²) >= 11 is 2.84. The van der Waals surface area contributed by atoms with Crippen LogP contribution in [0.1, 0.15) is 19.4 Å². The normalized spacial score (nSPS) is 13.7. The van der Waals surface area contributed by atoms with Crippen molar-refractivity contribution in [3.05, 3.63) is 29.6 Å². The first-order valence-corrected chi connectivity index (χ1v) is 6.51. The summed E-state index contributed by atoms with van der Waals surface area (Å²) in [6.45, 7) is 3.37. The SMILES string of the molecule is CC(C)N=C(/N=C(\N)Br)Oc1cc(C(F)(F)F)ccc1F. The number of benzene rings is 1. The maximum Gasteiger partial charge on any atom is 0.416 e. The first-order chi connectivity index (χ1) is 9.59. The molecule has 116 valence electrons. The molecule has 1 rings (SSSR count). The van der Waals surface area contributed by atoms with Gasteiger partial charge in [0.25, 0.3) is 0 Å². The van der Waals surface area contributed by atoms with Gasteiger partial charge in [0.15, 0.2) is 16.3 Å². The highest BCUT2D eigenvalue weighted by Gasteiger charge is 2.31. The van der Waals surface area contributed by atoms with Crippen LogP contribution >= 0.6 is 15.9 Å². The van der Waals surface area contributed by atoms with E-state index in [-0.39, 0.29) is 16.8 Å². The number of hydrogen-bond donors (Lipinski definition) is 1. The summed E-state index contributed by atoms with van der Waals surface area (Å²) < 4.78 is 56.2.